The Labute approximate surface area is 110 Å². The van der Waals surface area contributed by atoms with Crippen LogP contribution in [-0.4, -0.2) is 5.91 Å². The molecule has 0 heterocycles. The third kappa shape index (κ3) is 3.31. The number of carbonyl (C=O) groups excluding carboxylic acids is 1. The lowest BCUT2D eigenvalue weighted by Crippen LogP contribution is -2.10. The summed E-state index contributed by atoms with van der Waals surface area (Å²) in [4.78, 5) is 10.9. The van der Waals surface area contributed by atoms with Crippen molar-refractivity contribution in [2.24, 2.45) is 5.73 Å². The third-order valence-corrected chi connectivity index (χ3v) is 2.77. The minimum absolute atomic E-state index is 0.282. The van der Waals surface area contributed by atoms with Crippen LogP contribution in [0.4, 0.5) is 4.39 Å². The van der Waals surface area contributed by atoms with Gasteiger partial charge in [-0.15, -0.1) is 0 Å². The summed E-state index contributed by atoms with van der Waals surface area (Å²) in [6.07, 6.45) is 0. The van der Waals surface area contributed by atoms with E-state index in [1.165, 1.54) is 12.1 Å². The lowest BCUT2D eigenvalue weighted by Gasteiger charge is -2.09. The predicted octanol–water partition coefficient (Wildman–Crippen LogP) is 2.81. The van der Waals surface area contributed by atoms with Crippen LogP contribution in [0.5, 0.6) is 5.75 Å². The van der Waals surface area contributed by atoms with E-state index in [0.29, 0.717) is 17.9 Å². The van der Waals surface area contributed by atoms with Crippen LogP contribution in [0.15, 0.2) is 42.5 Å². The molecule has 2 N–H and O–H groups in total. The maximum Gasteiger partial charge on any atom is 0.248 e. The molecule has 0 aromatic heterocycles. The zero-order valence-corrected chi connectivity index (χ0v) is 10.5. The van der Waals surface area contributed by atoms with E-state index in [4.69, 9.17) is 10.5 Å². The van der Waals surface area contributed by atoms with Gasteiger partial charge >= 0.3 is 0 Å². The molecule has 2 rings (SSSR count). The number of rotatable bonds is 4. The number of aryl methyl sites for hydroxylation is 1. The van der Waals surface area contributed by atoms with Gasteiger partial charge < -0.3 is 10.5 Å². The summed E-state index contributed by atoms with van der Waals surface area (Å²) in [6, 6.07) is 11.2. The Hall–Kier alpha value is -2.36. The number of halogens is 1. The average molecular weight is 259 g/mol. The topological polar surface area (TPSA) is 52.3 Å². The number of ether oxygens (including phenoxy) is 1. The van der Waals surface area contributed by atoms with Gasteiger partial charge in [0.25, 0.3) is 0 Å². The molecule has 0 bridgehead atoms. The first kappa shape index (κ1) is 13.1. The zero-order valence-electron chi connectivity index (χ0n) is 10.5. The molecule has 0 aliphatic heterocycles. The highest BCUT2D eigenvalue weighted by Crippen LogP contribution is 2.19. The Kier molecular flexibility index (Phi) is 3.80. The van der Waals surface area contributed by atoms with Crippen molar-refractivity contribution in [3.63, 3.8) is 0 Å². The normalized spacial score (nSPS) is 10.2. The van der Waals surface area contributed by atoms with Crippen molar-refractivity contribution in [3.05, 3.63) is 65.0 Å². The second kappa shape index (κ2) is 5.52. The lowest BCUT2D eigenvalue weighted by molar-refractivity contribution is 0.1000. The van der Waals surface area contributed by atoms with E-state index in [2.05, 4.69) is 0 Å². The second-order valence-electron chi connectivity index (χ2n) is 4.26. The van der Waals surface area contributed by atoms with E-state index >= 15 is 0 Å². The van der Waals surface area contributed by atoms with Gasteiger partial charge in [0.2, 0.25) is 5.91 Å². The molecule has 3 nitrogen and oxygen atoms in total. The minimum Gasteiger partial charge on any atom is -0.489 e. The molecule has 1 amide bonds. The van der Waals surface area contributed by atoms with Crippen molar-refractivity contribution >= 4 is 5.91 Å². The highest BCUT2D eigenvalue weighted by molar-refractivity contribution is 5.92. The summed E-state index contributed by atoms with van der Waals surface area (Å²) in [5, 5.41) is 0. The summed E-state index contributed by atoms with van der Waals surface area (Å²) in [5.41, 5.74) is 7.27. The molecule has 4 heteroatoms. The molecule has 0 radical (unpaired) electrons. The Morgan fingerprint density at radius 2 is 1.89 bits per heavy atom. The lowest BCUT2D eigenvalue weighted by atomic mass is 10.1. The number of hydrogen-bond acceptors (Lipinski definition) is 2. The smallest absolute Gasteiger partial charge is 0.248 e. The molecular formula is C15H14FNO2. The first-order valence-corrected chi connectivity index (χ1v) is 5.84. The van der Waals surface area contributed by atoms with Crippen LogP contribution in [0.3, 0.4) is 0 Å². The van der Waals surface area contributed by atoms with Crippen LogP contribution in [-0.2, 0) is 6.61 Å². The molecule has 2 aromatic rings. The summed E-state index contributed by atoms with van der Waals surface area (Å²) in [6.45, 7) is 2.14. The Morgan fingerprint density at radius 1 is 1.21 bits per heavy atom. The fourth-order valence-corrected chi connectivity index (χ4v) is 1.70. The Morgan fingerprint density at radius 3 is 2.47 bits per heavy atom. The first-order valence-electron chi connectivity index (χ1n) is 5.84. The van der Waals surface area contributed by atoms with E-state index in [-0.39, 0.29) is 5.82 Å². The second-order valence-corrected chi connectivity index (χ2v) is 4.26. The van der Waals surface area contributed by atoms with E-state index in [1.807, 2.05) is 0 Å². The summed E-state index contributed by atoms with van der Waals surface area (Å²) < 4.78 is 18.5. The highest BCUT2D eigenvalue weighted by atomic mass is 19.1. The molecular weight excluding hydrogens is 245 g/mol. The van der Waals surface area contributed by atoms with Crippen LogP contribution in [0.2, 0.25) is 0 Å². The van der Waals surface area contributed by atoms with Crippen molar-refractivity contribution < 1.29 is 13.9 Å². The Bertz CT molecular complexity index is 594. The molecule has 0 unspecified atom stereocenters. The molecule has 0 aliphatic rings. The molecule has 0 saturated heterocycles. The fraction of sp³-hybridized carbons (Fsp3) is 0.133. The summed E-state index contributed by atoms with van der Waals surface area (Å²) >= 11 is 0. The molecule has 0 aliphatic carbocycles. The average Bonchev–Trinajstić information content (AvgIpc) is 2.38. The van der Waals surface area contributed by atoms with E-state index in [9.17, 15) is 9.18 Å². The van der Waals surface area contributed by atoms with E-state index in [0.717, 1.165) is 11.1 Å². The summed E-state index contributed by atoms with van der Waals surface area (Å²) in [5.74, 6) is -0.0992. The molecule has 19 heavy (non-hydrogen) atoms. The fourth-order valence-electron chi connectivity index (χ4n) is 1.70. The quantitative estimate of drug-likeness (QED) is 0.917. The standard InChI is InChI=1S/C15H14FNO2/c1-10-8-13(16)6-7-14(10)19-9-11-2-4-12(5-3-11)15(17)18/h2-8H,9H2,1H3,(H2,17,18). The van der Waals surface area contributed by atoms with Gasteiger partial charge in [0.1, 0.15) is 18.2 Å². The van der Waals surface area contributed by atoms with Crippen LogP contribution < -0.4 is 10.5 Å². The van der Waals surface area contributed by atoms with Gasteiger partial charge in [0.05, 0.1) is 0 Å². The van der Waals surface area contributed by atoms with E-state index < -0.39 is 5.91 Å². The van der Waals surface area contributed by atoms with Gasteiger partial charge in [-0.05, 0) is 48.4 Å². The van der Waals surface area contributed by atoms with Crippen molar-refractivity contribution in [2.75, 3.05) is 0 Å². The van der Waals surface area contributed by atoms with Gasteiger partial charge in [-0.2, -0.15) is 0 Å². The minimum atomic E-state index is -0.457. The molecule has 0 spiro atoms. The largest absolute Gasteiger partial charge is 0.489 e. The molecule has 98 valence electrons. The van der Waals surface area contributed by atoms with Gasteiger partial charge in [0.15, 0.2) is 0 Å². The maximum absolute atomic E-state index is 12.9. The number of carbonyl (C=O) groups is 1. The Balaban J connectivity index is 2.04. The number of primary amides is 1. The SMILES string of the molecule is Cc1cc(F)ccc1OCc1ccc(C(N)=O)cc1. The van der Waals surface area contributed by atoms with Crippen LogP contribution in [0, 0.1) is 12.7 Å². The number of amides is 1. The van der Waals surface area contributed by atoms with Crippen molar-refractivity contribution in [2.45, 2.75) is 13.5 Å². The van der Waals surface area contributed by atoms with Gasteiger partial charge in [-0.3, -0.25) is 4.79 Å². The van der Waals surface area contributed by atoms with Gasteiger partial charge in [-0.25, -0.2) is 4.39 Å². The van der Waals surface area contributed by atoms with E-state index in [1.54, 1.807) is 37.3 Å². The van der Waals surface area contributed by atoms with Gasteiger partial charge in [-0.1, -0.05) is 12.1 Å². The highest BCUT2D eigenvalue weighted by Gasteiger charge is 2.03. The predicted molar refractivity (Wildman–Crippen MR) is 70.4 cm³/mol. The number of hydrogen-bond donors (Lipinski definition) is 1. The maximum atomic E-state index is 12.9. The van der Waals surface area contributed by atoms with Crippen molar-refractivity contribution in [3.8, 4) is 5.75 Å². The van der Waals surface area contributed by atoms with Crippen molar-refractivity contribution in [1.82, 2.24) is 0 Å². The summed E-state index contributed by atoms with van der Waals surface area (Å²) in [7, 11) is 0. The van der Waals surface area contributed by atoms with Crippen LogP contribution in [0.25, 0.3) is 0 Å². The number of benzene rings is 2. The van der Waals surface area contributed by atoms with Crippen LogP contribution >= 0.6 is 0 Å². The van der Waals surface area contributed by atoms with Crippen LogP contribution in [0.1, 0.15) is 21.5 Å². The van der Waals surface area contributed by atoms with Gasteiger partial charge in [0, 0.05) is 5.56 Å². The van der Waals surface area contributed by atoms with Crippen molar-refractivity contribution in [1.29, 1.82) is 0 Å². The zero-order chi connectivity index (χ0) is 13.8. The number of nitrogens with two attached hydrogens (primary N) is 1. The molecule has 2 aromatic carbocycles. The third-order valence-electron chi connectivity index (χ3n) is 2.77. The monoisotopic (exact) mass is 259 g/mol. The molecule has 0 atom stereocenters. The molecule has 0 saturated carbocycles. The first-order chi connectivity index (χ1) is 9.06. The molecule has 0 fully saturated rings.